The number of carbonyl (C=O) groups is 1. The SMILES string of the molecule is N#C/C=C\C#N.O=CC=Cc1ccccc1. The van der Waals surface area contributed by atoms with E-state index in [-0.39, 0.29) is 0 Å². The highest BCUT2D eigenvalue weighted by Gasteiger charge is 1.79. The molecule has 0 aliphatic carbocycles. The van der Waals surface area contributed by atoms with E-state index in [1.54, 1.807) is 18.2 Å². The third-order valence-electron chi connectivity index (χ3n) is 1.40. The van der Waals surface area contributed by atoms with Crippen molar-refractivity contribution in [3.05, 3.63) is 54.1 Å². The molecule has 0 bridgehead atoms. The van der Waals surface area contributed by atoms with Gasteiger partial charge in [0, 0.05) is 12.2 Å². The molecule has 16 heavy (non-hydrogen) atoms. The Balaban J connectivity index is 0.000000325. The lowest BCUT2D eigenvalue weighted by molar-refractivity contribution is -0.104. The summed E-state index contributed by atoms with van der Waals surface area (Å²) in [5.41, 5.74) is 1.05. The van der Waals surface area contributed by atoms with Gasteiger partial charge in [0.15, 0.2) is 0 Å². The fourth-order valence-corrected chi connectivity index (χ4v) is 0.789. The maximum Gasteiger partial charge on any atom is 0.142 e. The van der Waals surface area contributed by atoms with Crippen LogP contribution in [0.4, 0.5) is 0 Å². The van der Waals surface area contributed by atoms with Crippen molar-refractivity contribution < 1.29 is 4.79 Å². The quantitative estimate of drug-likeness (QED) is 0.428. The van der Waals surface area contributed by atoms with E-state index in [0.717, 1.165) is 24.0 Å². The third kappa shape index (κ3) is 7.97. The summed E-state index contributed by atoms with van der Waals surface area (Å²) in [6, 6.07) is 13.0. The van der Waals surface area contributed by atoms with E-state index in [0.29, 0.717) is 0 Å². The first kappa shape index (κ1) is 13.4. The Hall–Kier alpha value is -2.65. The molecular formula is C13H10N2O. The molecule has 0 spiro atoms. The van der Waals surface area contributed by atoms with Gasteiger partial charge in [-0.1, -0.05) is 36.4 Å². The zero-order valence-electron chi connectivity index (χ0n) is 8.58. The third-order valence-corrected chi connectivity index (χ3v) is 1.40. The number of allylic oxidation sites excluding steroid dienone is 3. The van der Waals surface area contributed by atoms with Gasteiger partial charge in [-0.25, -0.2) is 0 Å². The summed E-state index contributed by atoms with van der Waals surface area (Å²) in [7, 11) is 0. The van der Waals surface area contributed by atoms with Crippen LogP contribution in [0.3, 0.4) is 0 Å². The lowest BCUT2D eigenvalue weighted by Crippen LogP contribution is -1.67. The molecule has 0 unspecified atom stereocenters. The molecule has 0 atom stereocenters. The molecule has 0 fully saturated rings. The van der Waals surface area contributed by atoms with Gasteiger partial charge in [-0.05, 0) is 11.6 Å². The van der Waals surface area contributed by atoms with Crippen LogP contribution in [0.2, 0.25) is 0 Å². The molecule has 0 amide bonds. The van der Waals surface area contributed by atoms with Crippen molar-refractivity contribution in [2.75, 3.05) is 0 Å². The van der Waals surface area contributed by atoms with E-state index < -0.39 is 0 Å². The minimum atomic E-state index is 0.771. The maximum absolute atomic E-state index is 9.89. The van der Waals surface area contributed by atoms with E-state index in [1.165, 1.54) is 6.08 Å². The van der Waals surface area contributed by atoms with E-state index >= 15 is 0 Å². The zero-order valence-corrected chi connectivity index (χ0v) is 8.58. The highest BCUT2D eigenvalue weighted by Crippen LogP contribution is 1.99. The molecule has 78 valence electrons. The van der Waals surface area contributed by atoms with Gasteiger partial charge in [0.25, 0.3) is 0 Å². The van der Waals surface area contributed by atoms with Crippen LogP contribution >= 0.6 is 0 Å². The van der Waals surface area contributed by atoms with Crippen LogP contribution in [0.15, 0.2) is 48.6 Å². The van der Waals surface area contributed by atoms with Crippen molar-refractivity contribution >= 4 is 12.4 Å². The summed E-state index contributed by atoms with van der Waals surface area (Å²) in [5.74, 6) is 0. The summed E-state index contributed by atoms with van der Waals surface area (Å²) in [6.45, 7) is 0. The van der Waals surface area contributed by atoms with Crippen molar-refractivity contribution in [2.45, 2.75) is 0 Å². The molecule has 0 aliphatic heterocycles. The summed E-state index contributed by atoms with van der Waals surface area (Å²) in [5, 5.41) is 15.4. The number of benzene rings is 1. The average molecular weight is 210 g/mol. The highest BCUT2D eigenvalue weighted by atomic mass is 16.1. The zero-order chi connectivity index (χ0) is 12.1. The number of aldehydes is 1. The minimum Gasteiger partial charge on any atom is -0.299 e. The Morgan fingerprint density at radius 2 is 1.56 bits per heavy atom. The topological polar surface area (TPSA) is 64.7 Å². The summed E-state index contributed by atoms with van der Waals surface area (Å²) in [6.07, 6.45) is 6.27. The van der Waals surface area contributed by atoms with Gasteiger partial charge in [0.2, 0.25) is 0 Å². The van der Waals surface area contributed by atoms with Crippen LogP contribution in [0.1, 0.15) is 5.56 Å². The Morgan fingerprint density at radius 1 is 1.00 bits per heavy atom. The lowest BCUT2D eigenvalue weighted by Gasteiger charge is -1.86. The van der Waals surface area contributed by atoms with Crippen molar-refractivity contribution in [1.82, 2.24) is 0 Å². The van der Waals surface area contributed by atoms with E-state index in [4.69, 9.17) is 10.5 Å². The van der Waals surface area contributed by atoms with Crippen LogP contribution in [0, 0.1) is 22.7 Å². The normalized spacial score (nSPS) is 8.88. The molecule has 1 aromatic carbocycles. The first-order valence-electron chi connectivity index (χ1n) is 4.46. The molecular weight excluding hydrogens is 200 g/mol. The van der Waals surface area contributed by atoms with Gasteiger partial charge in [0.1, 0.15) is 6.29 Å². The van der Waals surface area contributed by atoms with Gasteiger partial charge in [-0.15, -0.1) is 0 Å². The van der Waals surface area contributed by atoms with E-state index in [1.807, 2.05) is 30.3 Å². The number of nitriles is 2. The Morgan fingerprint density at radius 3 is 2.00 bits per heavy atom. The second kappa shape index (κ2) is 10.4. The van der Waals surface area contributed by atoms with Crippen molar-refractivity contribution in [2.24, 2.45) is 0 Å². The summed E-state index contributed by atoms with van der Waals surface area (Å²) < 4.78 is 0. The van der Waals surface area contributed by atoms with Gasteiger partial charge in [-0.2, -0.15) is 10.5 Å². The molecule has 3 heteroatoms. The van der Waals surface area contributed by atoms with E-state index in [9.17, 15) is 4.79 Å². The second-order valence-corrected chi connectivity index (χ2v) is 2.50. The predicted octanol–water partition coefficient (Wildman–Crippen LogP) is 2.49. The van der Waals surface area contributed by atoms with Crippen molar-refractivity contribution in [1.29, 1.82) is 10.5 Å². The van der Waals surface area contributed by atoms with E-state index in [2.05, 4.69) is 0 Å². The average Bonchev–Trinajstić information content (AvgIpc) is 2.36. The molecule has 0 radical (unpaired) electrons. The first-order valence-corrected chi connectivity index (χ1v) is 4.46. The van der Waals surface area contributed by atoms with Gasteiger partial charge in [0.05, 0.1) is 12.1 Å². The van der Waals surface area contributed by atoms with Gasteiger partial charge in [-0.3, -0.25) is 4.79 Å². The number of hydrogen-bond donors (Lipinski definition) is 0. The highest BCUT2D eigenvalue weighted by molar-refractivity contribution is 5.73. The van der Waals surface area contributed by atoms with Crippen LogP contribution in [-0.4, -0.2) is 6.29 Å². The smallest absolute Gasteiger partial charge is 0.142 e. The monoisotopic (exact) mass is 210 g/mol. The van der Waals surface area contributed by atoms with Crippen molar-refractivity contribution in [3.63, 3.8) is 0 Å². The maximum atomic E-state index is 9.89. The Labute approximate surface area is 94.6 Å². The van der Waals surface area contributed by atoms with Crippen LogP contribution in [-0.2, 0) is 4.79 Å². The molecule has 0 heterocycles. The predicted molar refractivity (Wildman–Crippen MR) is 61.9 cm³/mol. The summed E-state index contributed by atoms with van der Waals surface area (Å²) in [4.78, 5) is 9.89. The Bertz CT molecular complexity index is 417. The second-order valence-electron chi connectivity index (χ2n) is 2.50. The molecule has 0 saturated heterocycles. The molecule has 0 aliphatic rings. The van der Waals surface area contributed by atoms with Gasteiger partial charge < -0.3 is 0 Å². The number of rotatable bonds is 2. The fourth-order valence-electron chi connectivity index (χ4n) is 0.789. The van der Waals surface area contributed by atoms with Gasteiger partial charge >= 0.3 is 0 Å². The van der Waals surface area contributed by atoms with Crippen molar-refractivity contribution in [3.8, 4) is 12.1 Å². The molecule has 1 rings (SSSR count). The number of nitrogens with zero attached hydrogens (tertiary/aromatic N) is 2. The number of hydrogen-bond acceptors (Lipinski definition) is 3. The molecule has 0 saturated carbocycles. The molecule has 1 aromatic rings. The lowest BCUT2D eigenvalue weighted by atomic mass is 10.2. The fraction of sp³-hybridized carbons (Fsp3) is 0. The van der Waals surface area contributed by atoms with Crippen LogP contribution in [0.5, 0.6) is 0 Å². The first-order chi connectivity index (χ1) is 7.85. The van der Waals surface area contributed by atoms with Crippen LogP contribution < -0.4 is 0 Å². The molecule has 0 N–H and O–H groups in total. The standard InChI is InChI=1S/C9H8O.C4H2N2/c10-8-4-7-9-5-2-1-3-6-9;5-3-1-2-4-6/h1-8H;1-2H/b;2-1-. The summed E-state index contributed by atoms with van der Waals surface area (Å²) >= 11 is 0. The minimum absolute atomic E-state index is 0.771. The molecule has 0 aromatic heterocycles. The molecule has 3 nitrogen and oxygen atoms in total. The number of carbonyl (C=O) groups excluding carboxylic acids is 1. The largest absolute Gasteiger partial charge is 0.299 e. The van der Waals surface area contributed by atoms with Crippen LogP contribution in [0.25, 0.3) is 6.08 Å². The Kier molecular flexibility index (Phi) is 8.70.